The van der Waals surface area contributed by atoms with E-state index in [1.807, 2.05) is 53.9 Å². The Morgan fingerprint density at radius 1 is 0.549 bits per heavy atom. The van der Waals surface area contributed by atoms with E-state index in [0.717, 1.165) is 49.4 Å². The molecule has 0 radical (unpaired) electrons. The second-order valence-corrected chi connectivity index (χ2v) is 14.2. The Hall–Kier alpha value is -6.63. The van der Waals surface area contributed by atoms with Crippen LogP contribution in [0.5, 0.6) is 0 Å². The van der Waals surface area contributed by atoms with E-state index in [9.17, 15) is 0 Å². The summed E-state index contributed by atoms with van der Waals surface area (Å²) in [6.45, 7) is 0. The molecule has 0 bridgehead atoms. The number of para-hydroxylation sites is 2. The molecule has 0 aliphatic heterocycles. The number of hydrogen-bond donors (Lipinski definition) is 0. The van der Waals surface area contributed by atoms with Crippen LogP contribution in [0.4, 0.5) is 0 Å². The van der Waals surface area contributed by atoms with Crippen LogP contribution in [0.1, 0.15) is 0 Å². The molecule has 0 unspecified atom stereocenters. The van der Waals surface area contributed by atoms with Crippen LogP contribution >= 0.6 is 11.3 Å². The van der Waals surface area contributed by atoms with Gasteiger partial charge in [-0.05, 0) is 46.5 Å². The van der Waals surface area contributed by atoms with Crippen LogP contribution < -0.4 is 0 Å². The lowest BCUT2D eigenvalue weighted by Crippen LogP contribution is -2.03. The molecule has 0 aliphatic rings. The number of pyridine rings is 1. The van der Waals surface area contributed by atoms with Crippen LogP contribution in [0.3, 0.4) is 0 Å². The van der Waals surface area contributed by atoms with Crippen LogP contribution in [-0.2, 0) is 0 Å². The Balaban J connectivity index is 1.34. The minimum atomic E-state index is 0.600. The van der Waals surface area contributed by atoms with Crippen LogP contribution in [0.25, 0.3) is 114 Å². The second-order valence-electron chi connectivity index (χ2n) is 13.2. The molecule has 5 heterocycles. The Kier molecular flexibility index (Phi) is 5.32. The van der Waals surface area contributed by atoms with E-state index in [1.54, 1.807) is 0 Å². The molecular weight excluding hydrogens is 645 g/mol. The van der Waals surface area contributed by atoms with E-state index < -0.39 is 0 Å². The Bertz CT molecular complexity index is 3440. The van der Waals surface area contributed by atoms with Gasteiger partial charge in [-0.3, -0.25) is 9.55 Å². The molecule has 0 N–H and O–H groups in total. The van der Waals surface area contributed by atoms with Gasteiger partial charge < -0.3 is 4.42 Å². The average Bonchev–Trinajstić information content (AvgIpc) is 3.88. The molecule has 12 rings (SSSR count). The van der Waals surface area contributed by atoms with Gasteiger partial charge in [0.05, 0.1) is 21.3 Å². The zero-order chi connectivity index (χ0) is 33.2. The summed E-state index contributed by atoms with van der Waals surface area (Å²) in [5.41, 5.74) is 6.95. The largest absolute Gasteiger partial charge is 0.452 e. The smallest absolute Gasteiger partial charge is 0.236 e. The highest BCUT2D eigenvalue weighted by atomic mass is 32.1. The summed E-state index contributed by atoms with van der Waals surface area (Å²) in [5.74, 6) is 0.600. The lowest BCUT2D eigenvalue weighted by atomic mass is 9.98. The number of aromatic nitrogens is 4. The van der Waals surface area contributed by atoms with E-state index in [-0.39, 0.29) is 0 Å². The minimum absolute atomic E-state index is 0.600. The molecule has 12 aromatic rings. The Morgan fingerprint density at radius 3 is 2.14 bits per heavy atom. The van der Waals surface area contributed by atoms with Gasteiger partial charge in [-0.2, -0.15) is 0 Å². The summed E-state index contributed by atoms with van der Waals surface area (Å²) in [7, 11) is 0. The third-order valence-electron chi connectivity index (χ3n) is 10.4. The van der Waals surface area contributed by atoms with E-state index in [4.69, 9.17) is 19.4 Å². The number of rotatable bonds is 2. The van der Waals surface area contributed by atoms with E-state index in [2.05, 4.69) is 108 Å². The highest BCUT2D eigenvalue weighted by Gasteiger charge is 2.26. The molecule has 0 atom stereocenters. The zero-order valence-corrected chi connectivity index (χ0v) is 27.8. The monoisotopic (exact) mass is 668 g/mol. The normalized spacial score (nSPS) is 12.3. The van der Waals surface area contributed by atoms with Gasteiger partial charge in [0, 0.05) is 54.2 Å². The van der Waals surface area contributed by atoms with Gasteiger partial charge in [-0.15, -0.1) is 11.3 Å². The third kappa shape index (κ3) is 3.66. The molecule has 0 aliphatic carbocycles. The first kappa shape index (κ1) is 27.2. The predicted octanol–water partition coefficient (Wildman–Crippen LogP) is 12.4. The standard InChI is InChI=1S/C45H24N4OS/c1-3-13-28-25(11-1)21-22-33-37-29-14-4-5-15-30(29)38-32-17-7-10-20-36(32)51-44(38)42(37)49(41(28)33)45-47-39(27-23-26-12-2-8-18-34(26)46-24-27)43-40(48-45)31-16-6-9-19-35(31)50-43/h1-24H. The van der Waals surface area contributed by atoms with Gasteiger partial charge in [0.1, 0.15) is 16.8 Å². The number of nitrogens with zero attached hydrogens (tertiary/aromatic N) is 4. The summed E-state index contributed by atoms with van der Waals surface area (Å²) in [6, 6.07) is 49.2. The van der Waals surface area contributed by atoms with Crippen molar-refractivity contribution in [3.05, 3.63) is 146 Å². The summed E-state index contributed by atoms with van der Waals surface area (Å²) < 4.78 is 11.4. The van der Waals surface area contributed by atoms with Crippen molar-refractivity contribution in [1.29, 1.82) is 0 Å². The van der Waals surface area contributed by atoms with Gasteiger partial charge >= 0.3 is 0 Å². The summed E-state index contributed by atoms with van der Waals surface area (Å²) in [4.78, 5) is 15.8. The van der Waals surface area contributed by atoms with Crippen molar-refractivity contribution in [3.8, 4) is 17.2 Å². The van der Waals surface area contributed by atoms with Crippen molar-refractivity contribution in [2.75, 3.05) is 0 Å². The lowest BCUT2D eigenvalue weighted by Gasteiger charge is -2.12. The molecule has 236 valence electrons. The van der Waals surface area contributed by atoms with Crippen LogP contribution in [0.2, 0.25) is 0 Å². The van der Waals surface area contributed by atoms with Crippen molar-refractivity contribution in [1.82, 2.24) is 19.5 Å². The fourth-order valence-electron chi connectivity index (χ4n) is 8.21. The first-order valence-electron chi connectivity index (χ1n) is 17.0. The van der Waals surface area contributed by atoms with Crippen LogP contribution in [-0.4, -0.2) is 19.5 Å². The molecule has 0 amide bonds. The van der Waals surface area contributed by atoms with Crippen molar-refractivity contribution in [2.24, 2.45) is 0 Å². The third-order valence-corrected chi connectivity index (χ3v) is 11.6. The number of thiophene rings is 1. The van der Waals surface area contributed by atoms with Crippen LogP contribution in [0, 0.1) is 0 Å². The molecule has 51 heavy (non-hydrogen) atoms. The summed E-state index contributed by atoms with van der Waals surface area (Å²) in [6.07, 6.45) is 1.90. The van der Waals surface area contributed by atoms with Crippen LogP contribution in [0.15, 0.2) is 150 Å². The summed E-state index contributed by atoms with van der Waals surface area (Å²) >= 11 is 1.84. The van der Waals surface area contributed by atoms with Gasteiger partial charge in [-0.1, -0.05) is 109 Å². The predicted molar refractivity (Wildman–Crippen MR) is 212 cm³/mol. The first-order chi connectivity index (χ1) is 25.3. The molecular formula is C45H24N4OS. The fraction of sp³-hybridized carbons (Fsp3) is 0. The molecule has 5 aromatic heterocycles. The van der Waals surface area contributed by atoms with Crippen molar-refractivity contribution >= 4 is 108 Å². The highest BCUT2D eigenvalue weighted by Crippen LogP contribution is 2.49. The molecule has 6 heteroatoms. The van der Waals surface area contributed by atoms with Crippen molar-refractivity contribution in [3.63, 3.8) is 0 Å². The number of furan rings is 1. The maximum Gasteiger partial charge on any atom is 0.236 e. The minimum Gasteiger partial charge on any atom is -0.452 e. The van der Waals surface area contributed by atoms with E-state index in [1.165, 1.54) is 47.1 Å². The first-order valence-corrected chi connectivity index (χ1v) is 17.8. The molecule has 0 fully saturated rings. The number of benzene rings is 7. The molecule has 5 nitrogen and oxygen atoms in total. The van der Waals surface area contributed by atoms with Gasteiger partial charge in [-0.25, -0.2) is 9.97 Å². The maximum absolute atomic E-state index is 6.58. The molecule has 0 saturated carbocycles. The Labute approximate surface area is 293 Å². The van der Waals surface area contributed by atoms with Crippen molar-refractivity contribution in [2.45, 2.75) is 0 Å². The SMILES string of the molecule is c1ccc2ncc(-c3nc(-n4c5c6ccccc6ccc5c5c6ccccc6c6c7ccccc7sc6c54)nc4c3oc3ccccc34)cc2c1. The van der Waals surface area contributed by atoms with E-state index in [0.29, 0.717) is 17.2 Å². The Morgan fingerprint density at radius 2 is 1.25 bits per heavy atom. The number of fused-ring (bicyclic) bond motifs is 16. The molecule has 0 spiro atoms. The topological polar surface area (TPSA) is 56.7 Å². The number of hydrogen-bond acceptors (Lipinski definition) is 5. The van der Waals surface area contributed by atoms with Crippen molar-refractivity contribution < 1.29 is 4.42 Å². The molecule has 7 aromatic carbocycles. The molecule has 0 saturated heterocycles. The maximum atomic E-state index is 6.58. The second kappa shape index (κ2) is 9.97. The van der Waals surface area contributed by atoms with Gasteiger partial charge in [0.2, 0.25) is 5.95 Å². The van der Waals surface area contributed by atoms with Gasteiger partial charge in [0.15, 0.2) is 5.58 Å². The highest BCUT2D eigenvalue weighted by molar-refractivity contribution is 7.27. The summed E-state index contributed by atoms with van der Waals surface area (Å²) in [5, 5.41) is 11.7. The quantitative estimate of drug-likeness (QED) is 0.184. The lowest BCUT2D eigenvalue weighted by molar-refractivity contribution is 0.666. The zero-order valence-electron chi connectivity index (χ0n) is 27.0. The average molecular weight is 669 g/mol. The fourth-order valence-corrected chi connectivity index (χ4v) is 9.47. The van der Waals surface area contributed by atoms with E-state index >= 15 is 0 Å². The van der Waals surface area contributed by atoms with Gasteiger partial charge in [0.25, 0.3) is 0 Å².